The molecule has 78 heavy (non-hydrogen) atoms. The third kappa shape index (κ3) is 23.6. The normalized spacial score (nSPS) is 16.3. The van der Waals surface area contributed by atoms with E-state index in [1.165, 1.54) is 94.6 Å². The second kappa shape index (κ2) is 34.6. The van der Waals surface area contributed by atoms with Crippen LogP contribution in [0.5, 0.6) is 0 Å². The Labute approximate surface area is 461 Å². The van der Waals surface area contributed by atoms with Gasteiger partial charge in [-0.25, -0.2) is 0 Å². The van der Waals surface area contributed by atoms with E-state index in [0.29, 0.717) is 19.3 Å². The number of carbonyl (C=O) groups is 9. The predicted octanol–water partition coefficient (Wildman–Crippen LogP) is 11.5. The van der Waals surface area contributed by atoms with E-state index in [0.717, 1.165) is 96.3 Å². The Hall–Kier alpha value is -7.11. The number of benzene rings is 3. The van der Waals surface area contributed by atoms with Gasteiger partial charge in [-0.15, -0.1) is 0 Å². The molecule has 1 aliphatic heterocycles. The number of unbranched alkanes of at least 4 members (excludes halogenated alkanes) is 18. The van der Waals surface area contributed by atoms with Crippen LogP contribution in [0.4, 0.5) is 34.1 Å². The molecule has 6 bridgehead atoms. The lowest BCUT2D eigenvalue weighted by molar-refractivity contribution is -0.118. The quantitative estimate of drug-likeness (QED) is 0.0328. The molecule has 0 aliphatic carbocycles. The molecule has 18 nitrogen and oxygen atoms in total. The van der Waals surface area contributed by atoms with Gasteiger partial charge in [0.1, 0.15) is 18.1 Å². The lowest BCUT2D eigenvalue weighted by Crippen LogP contribution is -2.42. The van der Waals surface area contributed by atoms with Gasteiger partial charge in [0.2, 0.25) is 35.4 Å². The molecular formula is C60H87N9O9. The van der Waals surface area contributed by atoms with Crippen LogP contribution in [-0.2, 0) is 28.8 Å². The number of nitrogens with one attached hydrogen (secondary N) is 9. The van der Waals surface area contributed by atoms with Gasteiger partial charge in [0, 0.05) is 70.1 Å². The van der Waals surface area contributed by atoms with Crippen molar-refractivity contribution in [2.45, 2.75) is 214 Å². The minimum atomic E-state index is -1.18. The van der Waals surface area contributed by atoms with Gasteiger partial charge in [-0.2, -0.15) is 0 Å². The first kappa shape index (κ1) is 63.4. The fourth-order valence-electron chi connectivity index (χ4n) is 8.90. The highest BCUT2D eigenvalue weighted by Crippen LogP contribution is 2.25. The smallest absolute Gasteiger partial charge is 0.252 e. The van der Waals surface area contributed by atoms with Crippen molar-refractivity contribution in [3.05, 3.63) is 71.3 Å². The van der Waals surface area contributed by atoms with Crippen molar-refractivity contribution in [1.82, 2.24) is 16.0 Å². The van der Waals surface area contributed by atoms with E-state index in [9.17, 15) is 43.2 Å². The molecule has 1 aliphatic rings. The number of amides is 9. The van der Waals surface area contributed by atoms with Crippen molar-refractivity contribution in [1.29, 1.82) is 0 Å². The third-order valence-electron chi connectivity index (χ3n) is 13.5. The van der Waals surface area contributed by atoms with E-state index in [1.54, 1.807) is 0 Å². The molecule has 0 unspecified atom stereocenters. The second-order valence-electron chi connectivity index (χ2n) is 20.7. The zero-order valence-corrected chi connectivity index (χ0v) is 47.1. The van der Waals surface area contributed by atoms with Gasteiger partial charge in [0.15, 0.2) is 0 Å². The van der Waals surface area contributed by atoms with Gasteiger partial charge in [0.05, 0.1) is 0 Å². The highest BCUT2D eigenvalue weighted by molar-refractivity contribution is 6.08. The van der Waals surface area contributed by atoms with E-state index in [4.69, 9.17) is 0 Å². The molecule has 3 aromatic carbocycles. The third-order valence-corrected chi connectivity index (χ3v) is 13.5. The summed E-state index contributed by atoms with van der Waals surface area (Å²) in [5, 5.41) is 24.7. The van der Waals surface area contributed by atoms with Gasteiger partial charge >= 0.3 is 0 Å². The summed E-state index contributed by atoms with van der Waals surface area (Å²) in [6.07, 6.45) is 22.0. The zero-order chi connectivity index (χ0) is 56.8. The van der Waals surface area contributed by atoms with Gasteiger partial charge in [0.25, 0.3) is 17.7 Å². The van der Waals surface area contributed by atoms with Crippen molar-refractivity contribution in [3.63, 3.8) is 0 Å². The van der Waals surface area contributed by atoms with E-state index in [-0.39, 0.29) is 87.8 Å². The van der Waals surface area contributed by atoms with Crippen LogP contribution in [0.15, 0.2) is 54.6 Å². The Kier molecular flexibility index (Phi) is 28.1. The van der Waals surface area contributed by atoms with E-state index < -0.39 is 53.6 Å². The number of hydrogen-bond acceptors (Lipinski definition) is 9. The molecule has 0 aromatic heterocycles. The average molecular weight is 1080 g/mol. The van der Waals surface area contributed by atoms with Crippen molar-refractivity contribution in [2.75, 3.05) is 31.9 Å². The fraction of sp³-hybridized carbons (Fsp3) is 0.550. The van der Waals surface area contributed by atoms with Gasteiger partial charge in [-0.05, 0) is 94.6 Å². The molecule has 18 heteroatoms. The number of rotatable bonds is 27. The molecular weight excluding hydrogens is 991 g/mol. The van der Waals surface area contributed by atoms with E-state index in [2.05, 4.69) is 68.6 Å². The molecule has 3 atom stereocenters. The lowest BCUT2D eigenvalue weighted by Gasteiger charge is -2.19. The molecule has 3 aromatic rings. The van der Waals surface area contributed by atoms with Gasteiger partial charge in [-0.3, -0.25) is 43.2 Å². The van der Waals surface area contributed by atoms with Crippen LogP contribution in [0.2, 0.25) is 0 Å². The molecule has 0 radical (unpaired) electrons. The van der Waals surface area contributed by atoms with E-state index in [1.807, 2.05) is 0 Å². The minimum absolute atomic E-state index is 0.0102. The largest absolute Gasteiger partial charge is 0.341 e. The Bertz CT molecular complexity index is 2240. The first-order valence-electron chi connectivity index (χ1n) is 28.7. The Morgan fingerprint density at radius 1 is 0.346 bits per heavy atom. The standard InChI is InChI=1S/C60H87N9O9/c1-7-10-13-16-19-22-25-28-52(70)64-46-31-43-34-49(37-46)67-55(73)40(4)62-59(77)44-32-47(65-53(71)29-26-23-20-17-14-11-8-2)39-51(35-44)69-57(75)42(6)63-60(78)45-33-48(66-54(72)30-27-24-21-18-15-12-9-3)38-50(36-45)68-56(74)41(5)61-58(43)76/h31-42H,7-30H2,1-6H3,(H,61,76)(H,62,77)(H,63,78)(H,64,70)(H,65,71)(H,66,72)(H,67,73)(H,68,74)(H,69,75)/t40-,41-,42-/m0/s1. The summed E-state index contributed by atoms with van der Waals surface area (Å²) in [6.45, 7) is 10.8. The number of anilines is 6. The first-order chi connectivity index (χ1) is 37.5. The van der Waals surface area contributed by atoms with Crippen molar-refractivity contribution < 1.29 is 43.2 Å². The van der Waals surface area contributed by atoms with Crippen LogP contribution in [0.25, 0.3) is 0 Å². The maximum atomic E-state index is 14.0. The maximum absolute atomic E-state index is 14.0. The molecule has 0 saturated carbocycles. The number of carbonyl (C=O) groups excluding carboxylic acids is 9. The van der Waals surface area contributed by atoms with Crippen LogP contribution >= 0.6 is 0 Å². The minimum Gasteiger partial charge on any atom is -0.341 e. The molecule has 4 rings (SSSR count). The first-order valence-corrected chi connectivity index (χ1v) is 28.7. The van der Waals surface area contributed by atoms with Crippen LogP contribution in [0.1, 0.15) is 227 Å². The lowest BCUT2D eigenvalue weighted by atomic mass is 10.1. The molecule has 426 valence electrons. The zero-order valence-electron chi connectivity index (χ0n) is 47.1. The Balaban J connectivity index is 1.68. The van der Waals surface area contributed by atoms with Crippen molar-refractivity contribution in [3.8, 4) is 0 Å². The van der Waals surface area contributed by atoms with Crippen LogP contribution in [-0.4, -0.2) is 71.3 Å². The molecule has 9 amide bonds. The molecule has 0 spiro atoms. The van der Waals surface area contributed by atoms with Crippen LogP contribution < -0.4 is 47.9 Å². The topological polar surface area (TPSA) is 262 Å². The monoisotopic (exact) mass is 1080 g/mol. The molecule has 9 N–H and O–H groups in total. The molecule has 0 fully saturated rings. The van der Waals surface area contributed by atoms with Crippen molar-refractivity contribution >= 4 is 87.3 Å². The van der Waals surface area contributed by atoms with Gasteiger partial charge in [-0.1, -0.05) is 136 Å². The summed E-state index contributed by atoms with van der Waals surface area (Å²) >= 11 is 0. The summed E-state index contributed by atoms with van der Waals surface area (Å²) in [5.74, 6) is -5.11. The summed E-state index contributed by atoms with van der Waals surface area (Å²) in [5.41, 5.74) is 0.887. The summed E-state index contributed by atoms with van der Waals surface area (Å²) in [4.78, 5) is 123. The van der Waals surface area contributed by atoms with Crippen LogP contribution in [0.3, 0.4) is 0 Å². The Morgan fingerprint density at radius 3 is 0.821 bits per heavy atom. The van der Waals surface area contributed by atoms with Gasteiger partial charge < -0.3 is 47.9 Å². The summed E-state index contributed by atoms with van der Waals surface area (Å²) in [6, 6.07) is 9.29. The second-order valence-corrected chi connectivity index (χ2v) is 20.7. The molecule has 1 heterocycles. The summed E-state index contributed by atoms with van der Waals surface area (Å²) in [7, 11) is 0. The van der Waals surface area contributed by atoms with Crippen LogP contribution in [0, 0.1) is 0 Å². The number of hydrogen-bond donors (Lipinski definition) is 9. The Morgan fingerprint density at radius 2 is 0.577 bits per heavy atom. The highest BCUT2D eigenvalue weighted by atomic mass is 16.2. The number of fused-ring (bicyclic) bond motifs is 6. The fourth-order valence-corrected chi connectivity index (χ4v) is 8.90. The highest BCUT2D eigenvalue weighted by Gasteiger charge is 2.24. The average Bonchev–Trinajstić information content (AvgIpc) is 3.40. The molecule has 0 saturated heterocycles. The van der Waals surface area contributed by atoms with E-state index >= 15 is 0 Å². The van der Waals surface area contributed by atoms with Crippen molar-refractivity contribution in [2.24, 2.45) is 0 Å². The predicted molar refractivity (Wildman–Crippen MR) is 310 cm³/mol. The maximum Gasteiger partial charge on any atom is 0.252 e. The summed E-state index contributed by atoms with van der Waals surface area (Å²) < 4.78 is 0. The SMILES string of the molecule is CCCCCCCCCC(=O)Nc1cc2cc(c1)C(=O)N[C@@H](C)C(=O)Nc1cc(NC(=O)CCCCCCCCC)cc(c1)C(=O)N[C@@H](C)C(=O)Nc1cc(NC(=O)CCCCCCCCC)cc(c1)C(=O)N[C@@H](C)C(=O)N2.